The van der Waals surface area contributed by atoms with Crippen LogP contribution < -0.4 is 0 Å². The second-order valence-corrected chi connectivity index (χ2v) is 6.82. The Morgan fingerprint density at radius 2 is 1.88 bits per heavy atom. The van der Waals surface area contributed by atoms with Gasteiger partial charge in [-0.3, -0.25) is 4.68 Å². The maximum atomic E-state index is 11.4. The number of hydrogen-bond acceptors (Lipinski definition) is 3. The predicted octanol–water partition coefficient (Wildman–Crippen LogP) is 2.54. The highest BCUT2D eigenvalue weighted by molar-refractivity contribution is 8.13. The minimum absolute atomic E-state index is 0.182. The average molecular weight is 263 g/mol. The van der Waals surface area contributed by atoms with Gasteiger partial charge in [0.1, 0.15) is 4.90 Å². The molecule has 2 rings (SSSR count). The monoisotopic (exact) mass is 262 g/mol. The fourth-order valence-corrected chi connectivity index (χ4v) is 4.02. The minimum atomic E-state index is -3.68. The third-order valence-corrected chi connectivity index (χ3v) is 4.71. The van der Waals surface area contributed by atoms with E-state index in [0.29, 0.717) is 17.4 Å². The first-order valence-electron chi connectivity index (χ1n) is 5.41. The fraction of sp³-hybridized carbons (Fsp3) is 0.700. The Morgan fingerprint density at radius 3 is 2.31 bits per heavy atom. The van der Waals surface area contributed by atoms with Crippen LogP contribution in [0.1, 0.15) is 43.1 Å². The number of nitrogens with zero attached hydrogens (tertiary/aromatic N) is 2. The lowest BCUT2D eigenvalue weighted by atomic mass is 10.2. The molecule has 90 valence electrons. The molecular formula is C10H15ClN2O2S. The molecule has 0 aromatic carbocycles. The average Bonchev–Trinajstić information content (AvgIpc) is 2.71. The fourth-order valence-electron chi connectivity index (χ4n) is 2.51. The van der Waals surface area contributed by atoms with Crippen LogP contribution in [0.5, 0.6) is 0 Å². The van der Waals surface area contributed by atoms with Crippen LogP contribution in [0.3, 0.4) is 0 Å². The zero-order chi connectivity index (χ0) is 11.9. The lowest BCUT2D eigenvalue weighted by Crippen LogP contribution is -2.09. The van der Waals surface area contributed by atoms with Gasteiger partial charge in [0, 0.05) is 10.7 Å². The minimum Gasteiger partial charge on any atom is -0.265 e. The van der Waals surface area contributed by atoms with Gasteiger partial charge in [0.25, 0.3) is 9.05 Å². The zero-order valence-corrected chi connectivity index (χ0v) is 11.0. The van der Waals surface area contributed by atoms with Gasteiger partial charge >= 0.3 is 0 Å². The molecule has 1 fully saturated rings. The highest BCUT2D eigenvalue weighted by atomic mass is 35.7. The number of halogens is 1. The molecule has 1 aromatic rings. The van der Waals surface area contributed by atoms with Gasteiger partial charge in [-0.2, -0.15) is 5.10 Å². The normalized spacial score (nSPS) is 18.2. The van der Waals surface area contributed by atoms with Crippen LogP contribution in [0, 0.1) is 13.8 Å². The first-order chi connectivity index (χ1) is 7.41. The van der Waals surface area contributed by atoms with Crippen molar-refractivity contribution in [3.8, 4) is 0 Å². The molecule has 0 N–H and O–H groups in total. The number of rotatable bonds is 2. The van der Waals surface area contributed by atoms with Crippen LogP contribution in [0.2, 0.25) is 0 Å². The van der Waals surface area contributed by atoms with Crippen molar-refractivity contribution in [2.24, 2.45) is 0 Å². The second kappa shape index (κ2) is 4.04. The molecule has 1 aliphatic rings. The molecule has 6 heteroatoms. The summed E-state index contributed by atoms with van der Waals surface area (Å²) < 4.78 is 24.7. The maximum absolute atomic E-state index is 11.4. The van der Waals surface area contributed by atoms with Crippen molar-refractivity contribution in [1.29, 1.82) is 0 Å². The van der Waals surface area contributed by atoms with Gasteiger partial charge in [-0.25, -0.2) is 8.42 Å². The molecule has 0 amide bonds. The molecule has 4 nitrogen and oxygen atoms in total. The van der Waals surface area contributed by atoms with Crippen molar-refractivity contribution >= 4 is 19.7 Å². The Morgan fingerprint density at radius 1 is 1.31 bits per heavy atom. The molecular weight excluding hydrogens is 248 g/mol. The van der Waals surface area contributed by atoms with Crippen molar-refractivity contribution in [2.45, 2.75) is 50.5 Å². The third-order valence-electron chi connectivity index (χ3n) is 3.17. The first kappa shape index (κ1) is 11.9. The quantitative estimate of drug-likeness (QED) is 0.770. The molecule has 1 heterocycles. The van der Waals surface area contributed by atoms with Crippen molar-refractivity contribution in [1.82, 2.24) is 9.78 Å². The SMILES string of the molecule is Cc1nn(C2CCCC2)c(C)c1S(=O)(=O)Cl. The summed E-state index contributed by atoms with van der Waals surface area (Å²) in [6.45, 7) is 3.46. The second-order valence-electron chi connectivity index (χ2n) is 4.32. The van der Waals surface area contributed by atoms with Gasteiger partial charge in [-0.1, -0.05) is 12.8 Å². The lowest BCUT2D eigenvalue weighted by molar-refractivity contribution is 0.453. The highest BCUT2D eigenvalue weighted by Crippen LogP contribution is 2.33. The van der Waals surface area contributed by atoms with E-state index in [2.05, 4.69) is 5.10 Å². The Balaban J connectivity index is 2.50. The molecule has 0 unspecified atom stereocenters. The molecule has 1 aliphatic carbocycles. The summed E-state index contributed by atoms with van der Waals surface area (Å²) in [6.07, 6.45) is 4.52. The van der Waals surface area contributed by atoms with E-state index in [1.807, 2.05) is 4.68 Å². The van der Waals surface area contributed by atoms with Gasteiger partial charge in [0.05, 0.1) is 17.4 Å². The smallest absolute Gasteiger partial charge is 0.264 e. The highest BCUT2D eigenvalue weighted by Gasteiger charge is 2.26. The van der Waals surface area contributed by atoms with Crippen molar-refractivity contribution in [3.05, 3.63) is 11.4 Å². The summed E-state index contributed by atoms with van der Waals surface area (Å²) in [5.41, 5.74) is 1.17. The van der Waals surface area contributed by atoms with E-state index >= 15 is 0 Å². The molecule has 0 bridgehead atoms. The summed E-state index contributed by atoms with van der Waals surface area (Å²) in [4.78, 5) is 0.182. The number of aromatic nitrogens is 2. The summed E-state index contributed by atoms with van der Waals surface area (Å²) >= 11 is 0. The first-order valence-corrected chi connectivity index (χ1v) is 7.72. The van der Waals surface area contributed by atoms with Crippen LogP contribution in [0.4, 0.5) is 0 Å². The van der Waals surface area contributed by atoms with Crippen LogP contribution in [-0.2, 0) is 9.05 Å². The molecule has 1 saturated carbocycles. The molecule has 0 radical (unpaired) electrons. The largest absolute Gasteiger partial charge is 0.265 e. The Kier molecular flexibility index (Phi) is 3.01. The predicted molar refractivity (Wildman–Crippen MR) is 62.2 cm³/mol. The van der Waals surface area contributed by atoms with E-state index in [-0.39, 0.29) is 4.90 Å². The Labute approximate surface area is 100 Å². The van der Waals surface area contributed by atoms with Crippen molar-refractivity contribution in [3.63, 3.8) is 0 Å². The van der Waals surface area contributed by atoms with Crippen LogP contribution in [-0.4, -0.2) is 18.2 Å². The molecule has 1 aromatic heterocycles. The van der Waals surface area contributed by atoms with Crippen LogP contribution in [0.25, 0.3) is 0 Å². The third kappa shape index (κ3) is 1.98. The van der Waals surface area contributed by atoms with E-state index in [0.717, 1.165) is 12.8 Å². The zero-order valence-electron chi connectivity index (χ0n) is 9.40. The maximum Gasteiger partial charge on any atom is 0.264 e. The van der Waals surface area contributed by atoms with E-state index in [1.165, 1.54) is 12.8 Å². The van der Waals surface area contributed by atoms with E-state index in [9.17, 15) is 8.42 Å². The van der Waals surface area contributed by atoms with Crippen LogP contribution in [0.15, 0.2) is 4.90 Å². The molecule has 16 heavy (non-hydrogen) atoms. The molecule has 0 saturated heterocycles. The van der Waals surface area contributed by atoms with Gasteiger partial charge in [-0.15, -0.1) is 0 Å². The topological polar surface area (TPSA) is 52.0 Å². The summed E-state index contributed by atoms with van der Waals surface area (Å²) in [7, 11) is 1.72. The lowest BCUT2D eigenvalue weighted by Gasteiger charge is -2.11. The number of hydrogen-bond donors (Lipinski definition) is 0. The molecule has 0 aliphatic heterocycles. The Hall–Kier alpha value is -0.550. The Bertz CT molecular complexity index is 501. The van der Waals surface area contributed by atoms with Crippen molar-refractivity contribution < 1.29 is 8.42 Å². The molecule has 0 spiro atoms. The van der Waals surface area contributed by atoms with Gasteiger partial charge in [-0.05, 0) is 26.7 Å². The van der Waals surface area contributed by atoms with Crippen LogP contribution >= 0.6 is 10.7 Å². The summed E-state index contributed by atoms with van der Waals surface area (Å²) in [5, 5.41) is 4.31. The van der Waals surface area contributed by atoms with E-state index in [1.54, 1.807) is 13.8 Å². The van der Waals surface area contributed by atoms with Gasteiger partial charge < -0.3 is 0 Å². The van der Waals surface area contributed by atoms with E-state index in [4.69, 9.17) is 10.7 Å². The van der Waals surface area contributed by atoms with Gasteiger partial charge in [0.15, 0.2) is 0 Å². The summed E-state index contributed by atoms with van der Waals surface area (Å²) in [6, 6.07) is 0.339. The molecule has 0 atom stereocenters. The standard InChI is InChI=1S/C10H15ClN2O2S/c1-7-10(16(11,14)15)8(2)13(12-7)9-5-3-4-6-9/h9H,3-6H2,1-2H3. The van der Waals surface area contributed by atoms with E-state index < -0.39 is 9.05 Å². The summed E-state index contributed by atoms with van der Waals surface area (Å²) in [5.74, 6) is 0. The number of aryl methyl sites for hydroxylation is 1. The van der Waals surface area contributed by atoms with Gasteiger partial charge in [0.2, 0.25) is 0 Å². The van der Waals surface area contributed by atoms with Crippen molar-refractivity contribution in [2.75, 3.05) is 0 Å².